The minimum atomic E-state index is 0. The fraction of sp³-hybridized carbons (Fsp3) is 0.500. The molecule has 0 amide bonds. The van der Waals surface area contributed by atoms with Crippen LogP contribution in [0, 0.1) is 6.92 Å². The Balaban J connectivity index is 0.00000144. The lowest BCUT2D eigenvalue weighted by atomic mass is 10.00. The summed E-state index contributed by atoms with van der Waals surface area (Å²) < 4.78 is 0. The zero-order valence-corrected chi connectivity index (χ0v) is 11.3. The first kappa shape index (κ1) is 14.2. The lowest BCUT2D eigenvalue weighted by molar-refractivity contribution is 0.0866. The summed E-state index contributed by atoms with van der Waals surface area (Å²) in [5, 5.41) is 0. The van der Waals surface area contributed by atoms with Crippen LogP contribution in [-0.4, -0.2) is 29.8 Å². The molecule has 0 aromatic heterocycles. The molecule has 2 rings (SSSR count). The number of rotatable bonds is 3. The van der Waals surface area contributed by atoms with E-state index in [9.17, 15) is 4.79 Å². The first-order valence-corrected chi connectivity index (χ1v) is 6.04. The zero-order valence-electron chi connectivity index (χ0n) is 10.5. The smallest absolute Gasteiger partial charge is 0.179 e. The molecule has 0 spiro atoms. The van der Waals surface area contributed by atoms with Gasteiger partial charge in [-0.25, -0.2) is 0 Å². The van der Waals surface area contributed by atoms with Gasteiger partial charge in [-0.1, -0.05) is 24.3 Å². The van der Waals surface area contributed by atoms with E-state index in [1.54, 1.807) is 0 Å². The van der Waals surface area contributed by atoms with Crippen LogP contribution in [-0.2, 0) is 0 Å². The molecule has 17 heavy (non-hydrogen) atoms. The SMILES string of the molecule is Cc1ccccc1C(=O)C(C)N1CCCC1.Cl. The lowest BCUT2D eigenvalue weighted by Crippen LogP contribution is -2.37. The Bertz CT molecular complexity index is 386. The maximum Gasteiger partial charge on any atom is 0.179 e. The van der Waals surface area contributed by atoms with E-state index in [1.807, 2.05) is 38.1 Å². The van der Waals surface area contributed by atoms with E-state index in [2.05, 4.69) is 4.90 Å². The molecule has 0 bridgehead atoms. The van der Waals surface area contributed by atoms with Gasteiger partial charge in [-0.3, -0.25) is 9.69 Å². The molecule has 0 aliphatic carbocycles. The van der Waals surface area contributed by atoms with Gasteiger partial charge in [0.1, 0.15) is 0 Å². The maximum atomic E-state index is 12.3. The molecule has 1 aliphatic heterocycles. The summed E-state index contributed by atoms with van der Waals surface area (Å²) in [7, 11) is 0. The summed E-state index contributed by atoms with van der Waals surface area (Å²) >= 11 is 0. The van der Waals surface area contributed by atoms with Crippen molar-refractivity contribution in [3.63, 3.8) is 0 Å². The van der Waals surface area contributed by atoms with Gasteiger partial charge >= 0.3 is 0 Å². The summed E-state index contributed by atoms with van der Waals surface area (Å²) in [5.74, 6) is 0.264. The Morgan fingerprint density at radius 2 is 1.82 bits per heavy atom. The van der Waals surface area contributed by atoms with Crippen molar-refractivity contribution >= 4 is 18.2 Å². The summed E-state index contributed by atoms with van der Waals surface area (Å²) in [6.07, 6.45) is 2.46. The van der Waals surface area contributed by atoms with Crippen molar-refractivity contribution in [3.8, 4) is 0 Å². The standard InChI is InChI=1S/C14H19NO.ClH/c1-11-7-3-4-8-13(11)14(16)12(2)15-9-5-6-10-15;/h3-4,7-8,12H,5-6,9-10H2,1-2H3;1H. The van der Waals surface area contributed by atoms with Gasteiger partial charge in [0.2, 0.25) is 0 Å². The summed E-state index contributed by atoms with van der Waals surface area (Å²) in [6, 6.07) is 7.89. The number of hydrogen-bond acceptors (Lipinski definition) is 2. The average Bonchev–Trinajstić information content (AvgIpc) is 2.81. The predicted octanol–water partition coefficient (Wildman–Crippen LogP) is 3.08. The van der Waals surface area contributed by atoms with Gasteiger partial charge < -0.3 is 0 Å². The number of likely N-dealkylation sites (tertiary alicyclic amines) is 1. The Kier molecular flexibility index (Phi) is 5.16. The van der Waals surface area contributed by atoms with Gasteiger partial charge in [0.15, 0.2) is 5.78 Å². The van der Waals surface area contributed by atoms with Crippen molar-refractivity contribution in [1.82, 2.24) is 4.90 Å². The molecule has 0 saturated carbocycles. The molecule has 1 aromatic carbocycles. The maximum absolute atomic E-state index is 12.3. The van der Waals surface area contributed by atoms with Gasteiger partial charge in [-0.15, -0.1) is 12.4 Å². The molecule has 0 radical (unpaired) electrons. The second-order valence-corrected chi connectivity index (χ2v) is 4.60. The normalized spacial score (nSPS) is 17.5. The van der Waals surface area contributed by atoms with E-state index in [-0.39, 0.29) is 24.2 Å². The van der Waals surface area contributed by atoms with Crippen LogP contribution in [0.1, 0.15) is 35.7 Å². The van der Waals surface area contributed by atoms with Gasteiger partial charge in [0.25, 0.3) is 0 Å². The number of Topliss-reactive ketones (excluding diaryl/α,β-unsaturated/α-hetero) is 1. The van der Waals surface area contributed by atoms with Crippen molar-refractivity contribution in [3.05, 3.63) is 35.4 Å². The van der Waals surface area contributed by atoms with Crippen LogP contribution >= 0.6 is 12.4 Å². The molecule has 1 fully saturated rings. The highest BCUT2D eigenvalue weighted by molar-refractivity contribution is 6.01. The number of nitrogens with zero attached hydrogens (tertiary/aromatic N) is 1. The molecule has 94 valence electrons. The van der Waals surface area contributed by atoms with E-state index in [4.69, 9.17) is 0 Å². The quantitative estimate of drug-likeness (QED) is 0.772. The average molecular weight is 254 g/mol. The second kappa shape index (κ2) is 6.18. The van der Waals surface area contributed by atoms with Crippen LogP contribution in [0.3, 0.4) is 0 Å². The van der Waals surface area contributed by atoms with Crippen molar-refractivity contribution in [2.24, 2.45) is 0 Å². The van der Waals surface area contributed by atoms with Crippen molar-refractivity contribution in [2.45, 2.75) is 32.7 Å². The topological polar surface area (TPSA) is 20.3 Å². The van der Waals surface area contributed by atoms with Crippen LogP contribution in [0.15, 0.2) is 24.3 Å². The number of carbonyl (C=O) groups is 1. The van der Waals surface area contributed by atoms with Gasteiger partial charge in [-0.05, 0) is 45.3 Å². The largest absolute Gasteiger partial charge is 0.294 e. The monoisotopic (exact) mass is 253 g/mol. The molecule has 3 heteroatoms. The fourth-order valence-corrected chi connectivity index (χ4v) is 2.37. The molecule has 1 aromatic rings. The van der Waals surface area contributed by atoms with E-state index in [0.29, 0.717) is 0 Å². The molecular weight excluding hydrogens is 234 g/mol. The highest BCUT2D eigenvalue weighted by atomic mass is 35.5. The lowest BCUT2D eigenvalue weighted by Gasteiger charge is -2.22. The Morgan fingerprint density at radius 1 is 1.24 bits per heavy atom. The molecule has 1 unspecified atom stereocenters. The van der Waals surface area contributed by atoms with Gasteiger partial charge in [0, 0.05) is 5.56 Å². The minimum absolute atomic E-state index is 0. The number of halogens is 1. The van der Waals surface area contributed by atoms with E-state index in [0.717, 1.165) is 24.2 Å². The minimum Gasteiger partial charge on any atom is -0.294 e. The summed E-state index contributed by atoms with van der Waals surface area (Å²) in [5.41, 5.74) is 1.96. The zero-order chi connectivity index (χ0) is 11.5. The van der Waals surface area contributed by atoms with Crippen LogP contribution in [0.2, 0.25) is 0 Å². The summed E-state index contributed by atoms with van der Waals surface area (Å²) in [4.78, 5) is 14.6. The predicted molar refractivity (Wildman–Crippen MR) is 73.0 cm³/mol. The highest BCUT2D eigenvalue weighted by Gasteiger charge is 2.25. The number of benzene rings is 1. The van der Waals surface area contributed by atoms with Crippen molar-refractivity contribution in [1.29, 1.82) is 0 Å². The van der Waals surface area contributed by atoms with E-state index in [1.165, 1.54) is 12.8 Å². The molecule has 1 heterocycles. The number of carbonyl (C=O) groups excluding carboxylic acids is 1. The van der Waals surface area contributed by atoms with E-state index >= 15 is 0 Å². The second-order valence-electron chi connectivity index (χ2n) is 4.60. The third-order valence-electron chi connectivity index (χ3n) is 3.48. The van der Waals surface area contributed by atoms with Crippen LogP contribution in [0.5, 0.6) is 0 Å². The molecule has 1 saturated heterocycles. The Morgan fingerprint density at radius 3 is 2.41 bits per heavy atom. The third-order valence-corrected chi connectivity index (χ3v) is 3.48. The molecule has 2 nitrogen and oxygen atoms in total. The van der Waals surface area contributed by atoms with Crippen molar-refractivity contribution < 1.29 is 4.79 Å². The number of hydrogen-bond donors (Lipinski definition) is 0. The number of aryl methyl sites for hydroxylation is 1. The van der Waals surface area contributed by atoms with Gasteiger partial charge in [-0.2, -0.15) is 0 Å². The third kappa shape index (κ3) is 3.08. The summed E-state index contributed by atoms with van der Waals surface area (Å²) in [6.45, 7) is 6.17. The Hall–Kier alpha value is -0.860. The van der Waals surface area contributed by atoms with Crippen LogP contribution in [0.4, 0.5) is 0 Å². The molecule has 0 N–H and O–H groups in total. The van der Waals surface area contributed by atoms with Crippen molar-refractivity contribution in [2.75, 3.05) is 13.1 Å². The van der Waals surface area contributed by atoms with Gasteiger partial charge in [0.05, 0.1) is 6.04 Å². The highest BCUT2D eigenvalue weighted by Crippen LogP contribution is 2.17. The van der Waals surface area contributed by atoms with Crippen LogP contribution in [0.25, 0.3) is 0 Å². The van der Waals surface area contributed by atoms with E-state index < -0.39 is 0 Å². The number of ketones is 1. The fourth-order valence-electron chi connectivity index (χ4n) is 2.37. The Labute approximate surface area is 109 Å². The molecule has 1 atom stereocenters. The molecule has 1 aliphatic rings. The molecular formula is C14H20ClNO. The van der Waals surface area contributed by atoms with Crippen LogP contribution < -0.4 is 0 Å². The first-order chi connectivity index (χ1) is 7.70. The first-order valence-electron chi connectivity index (χ1n) is 6.04.